The van der Waals surface area contributed by atoms with E-state index in [-0.39, 0.29) is 12.4 Å². The lowest BCUT2D eigenvalue weighted by molar-refractivity contribution is 0.505. The molecule has 0 spiro atoms. The van der Waals surface area contributed by atoms with Crippen LogP contribution in [0.1, 0.15) is 58.3 Å². The van der Waals surface area contributed by atoms with Crippen molar-refractivity contribution >= 4 is 12.4 Å². The topological polar surface area (TPSA) is 29.3 Å². The summed E-state index contributed by atoms with van der Waals surface area (Å²) in [6, 6.07) is 0. The van der Waals surface area contributed by atoms with E-state index in [1.54, 1.807) is 0 Å². The van der Waals surface area contributed by atoms with Gasteiger partial charge in [-0.2, -0.15) is 0 Å². The highest BCUT2D eigenvalue weighted by Gasteiger charge is 1.89. The summed E-state index contributed by atoms with van der Waals surface area (Å²) in [5.74, 6) is 0. The summed E-state index contributed by atoms with van der Waals surface area (Å²) in [5.41, 5.74) is 5.39. The lowest BCUT2D eigenvalue weighted by Gasteiger charge is -1.99. The molecule has 0 atom stereocenters. The SMILES string of the molecule is CCCCCCCCCCN.CN(C)C.Cl. The number of hydrogen-bond acceptors (Lipinski definition) is 2. The van der Waals surface area contributed by atoms with Crippen molar-refractivity contribution in [1.29, 1.82) is 0 Å². The molecule has 0 saturated heterocycles. The maximum atomic E-state index is 5.39. The van der Waals surface area contributed by atoms with E-state index in [9.17, 15) is 0 Å². The first-order chi connectivity index (χ1) is 7.15. The van der Waals surface area contributed by atoms with Crippen LogP contribution in [0.3, 0.4) is 0 Å². The summed E-state index contributed by atoms with van der Waals surface area (Å²) in [7, 11) is 6.00. The van der Waals surface area contributed by atoms with Gasteiger partial charge >= 0.3 is 0 Å². The minimum atomic E-state index is 0. The van der Waals surface area contributed by atoms with Crippen LogP contribution in [-0.4, -0.2) is 32.6 Å². The molecule has 3 heteroatoms. The first kappa shape index (κ1) is 21.5. The molecular weight excluding hydrogens is 220 g/mol. The summed E-state index contributed by atoms with van der Waals surface area (Å²) < 4.78 is 0. The number of unbranched alkanes of at least 4 members (excludes halogenated alkanes) is 7. The van der Waals surface area contributed by atoms with E-state index in [2.05, 4.69) is 6.92 Å². The van der Waals surface area contributed by atoms with Gasteiger partial charge in [-0.15, -0.1) is 12.4 Å². The van der Waals surface area contributed by atoms with E-state index >= 15 is 0 Å². The van der Waals surface area contributed by atoms with E-state index in [1.807, 2.05) is 26.0 Å². The lowest BCUT2D eigenvalue weighted by atomic mass is 10.1. The fraction of sp³-hybridized carbons (Fsp3) is 1.00. The van der Waals surface area contributed by atoms with Gasteiger partial charge in [0.1, 0.15) is 0 Å². The molecule has 0 aliphatic rings. The van der Waals surface area contributed by atoms with E-state index in [4.69, 9.17) is 5.73 Å². The Morgan fingerprint density at radius 3 is 1.38 bits per heavy atom. The molecule has 2 nitrogen and oxygen atoms in total. The highest BCUT2D eigenvalue weighted by molar-refractivity contribution is 5.85. The average Bonchev–Trinajstić information content (AvgIpc) is 2.16. The lowest BCUT2D eigenvalue weighted by Crippen LogP contribution is -1.99. The second kappa shape index (κ2) is 20.6. The van der Waals surface area contributed by atoms with Crippen LogP contribution in [0.5, 0.6) is 0 Å². The van der Waals surface area contributed by atoms with Gasteiger partial charge in [0, 0.05) is 0 Å². The van der Waals surface area contributed by atoms with Gasteiger partial charge in [0.2, 0.25) is 0 Å². The molecule has 0 unspecified atom stereocenters. The predicted octanol–water partition coefficient (Wildman–Crippen LogP) is 3.69. The Balaban J connectivity index is -0.000000292. The molecule has 0 amide bonds. The minimum Gasteiger partial charge on any atom is -0.330 e. The number of hydrogen-bond donors (Lipinski definition) is 1. The third-order valence-corrected chi connectivity index (χ3v) is 2.06. The smallest absolute Gasteiger partial charge is 0.00773 e. The van der Waals surface area contributed by atoms with E-state index in [0.29, 0.717) is 0 Å². The van der Waals surface area contributed by atoms with Crippen LogP contribution in [0.2, 0.25) is 0 Å². The van der Waals surface area contributed by atoms with Gasteiger partial charge in [0.15, 0.2) is 0 Å². The Morgan fingerprint density at radius 1 is 0.750 bits per heavy atom. The molecule has 0 aliphatic heterocycles. The quantitative estimate of drug-likeness (QED) is 0.668. The second-order valence-electron chi connectivity index (χ2n) is 4.61. The van der Waals surface area contributed by atoms with Crippen molar-refractivity contribution in [3.63, 3.8) is 0 Å². The molecule has 102 valence electrons. The van der Waals surface area contributed by atoms with Crippen LogP contribution in [0.15, 0.2) is 0 Å². The summed E-state index contributed by atoms with van der Waals surface area (Å²) >= 11 is 0. The van der Waals surface area contributed by atoms with Crippen molar-refractivity contribution < 1.29 is 0 Å². The number of halogens is 1. The van der Waals surface area contributed by atoms with Gasteiger partial charge in [0.05, 0.1) is 0 Å². The van der Waals surface area contributed by atoms with E-state index in [1.165, 1.54) is 51.4 Å². The molecule has 2 N–H and O–H groups in total. The van der Waals surface area contributed by atoms with Crippen LogP contribution in [0.25, 0.3) is 0 Å². The third kappa shape index (κ3) is 36.8. The maximum absolute atomic E-state index is 5.39. The van der Waals surface area contributed by atoms with Gasteiger partial charge in [0.25, 0.3) is 0 Å². The fourth-order valence-electron chi connectivity index (χ4n) is 1.28. The Kier molecular flexibility index (Phi) is 27.7. The fourth-order valence-corrected chi connectivity index (χ4v) is 1.28. The first-order valence-corrected chi connectivity index (χ1v) is 6.46. The molecular formula is C13H33ClN2. The van der Waals surface area contributed by atoms with Gasteiger partial charge < -0.3 is 10.6 Å². The van der Waals surface area contributed by atoms with Crippen molar-refractivity contribution in [2.75, 3.05) is 27.7 Å². The van der Waals surface area contributed by atoms with Crippen LogP contribution in [0.4, 0.5) is 0 Å². The molecule has 0 aromatic carbocycles. The van der Waals surface area contributed by atoms with Gasteiger partial charge in [-0.1, -0.05) is 51.9 Å². The molecule has 0 aromatic rings. The van der Waals surface area contributed by atoms with Crippen molar-refractivity contribution in [2.45, 2.75) is 58.3 Å². The maximum Gasteiger partial charge on any atom is -0.00773 e. The molecule has 0 radical (unpaired) electrons. The van der Waals surface area contributed by atoms with Gasteiger partial charge in [-0.05, 0) is 34.1 Å². The van der Waals surface area contributed by atoms with Crippen molar-refractivity contribution in [2.24, 2.45) is 5.73 Å². The van der Waals surface area contributed by atoms with Gasteiger partial charge in [-0.25, -0.2) is 0 Å². The van der Waals surface area contributed by atoms with Crippen LogP contribution >= 0.6 is 12.4 Å². The molecule has 0 saturated carbocycles. The standard InChI is InChI=1S/C10H23N.C3H9N.ClH/c1-2-3-4-5-6-7-8-9-10-11;1-4(2)3;/h2-11H2,1H3;1-3H3;1H. The highest BCUT2D eigenvalue weighted by Crippen LogP contribution is 2.07. The summed E-state index contributed by atoms with van der Waals surface area (Å²) in [6.45, 7) is 3.13. The number of rotatable bonds is 8. The Hall–Kier alpha value is 0.210. The van der Waals surface area contributed by atoms with Crippen LogP contribution in [-0.2, 0) is 0 Å². The molecule has 0 heterocycles. The van der Waals surface area contributed by atoms with Crippen LogP contribution in [0, 0.1) is 0 Å². The Morgan fingerprint density at radius 2 is 1.06 bits per heavy atom. The van der Waals surface area contributed by atoms with Crippen molar-refractivity contribution in [3.8, 4) is 0 Å². The van der Waals surface area contributed by atoms with E-state index in [0.717, 1.165) is 6.54 Å². The molecule has 0 rings (SSSR count). The average molecular weight is 253 g/mol. The highest BCUT2D eigenvalue weighted by atomic mass is 35.5. The van der Waals surface area contributed by atoms with Gasteiger partial charge in [-0.3, -0.25) is 0 Å². The normalized spacial score (nSPS) is 9.38. The predicted molar refractivity (Wildman–Crippen MR) is 78.5 cm³/mol. The second-order valence-corrected chi connectivity index (χ2v) is 4.61. The zero-order valence-corrected chi connectivity index (χ0v) is 12.6. The molecule has 16 heavy (non-hydrogen) atoms. The Labute approximate surface area is 109 Å². The van der Waals surface area contributed by atoms with E-state index < -0.39 is 0 Å². The molecule has 0 aromatic heterocycles. The minimum absolute atomic E-state index is 0. The zero-order valence-electron chi connectivity index (χ0n) is 11.8. The Bertz CT molecular complexity index is 87.2. The van der Waals surface area contributed by atoms with Crippen molar-refractivity contribution in [3.05, 3.63) is 0 Å². The summed E-state index contributed by atoms with van der Waals surface area (Å²) in [6.07, 6.45) is 11.0. The molecule has 0 aliphatic carbocycles. The molecule has 0 bridgehead atoms. The largest absolute Gasteiger partial charge is 0.330 e. The summed E-state index contributed by atoms with van der Waals surface area (Å²) in [4.78, 5) is 2.00. The molecule has 0 fully saturated rings. The van der Waals surface area contributed by atoms with Crippen LogP contribution < -0.4 is 5.73 Å². The first-order valence-electron chi connectivity index (χ1n) is 6.46. The monoisotopic (exact) mass is 252 g/mol. The third-order valence-electron chi connectivity index (χ3n) is 2.06. The summed E-state index contributed by atoms with van der Waals surface area (Å²) in [5, 5.41) is 0. The zero-order chi connectivity index (χ0) is 11.9. The number of nitrogens with two attached hydrogens (primary N) is 1. The van der Waals surface area contributed by atoms with Crippen molar-refractivity contribution in [1.82, 2.24) is 4.90 Å². The number of nitrogens with zero attached hydrogens (tertiary/aromatic N) is 1.